The van der Waals surface area contributed by atoms with Gasteiger partial charge in [-0.2, -0.15) is 0 Å². The molecule has 7 heteroatoms. The van der Waals surface area contributed by atoms with E-state index >= 15 is 0 Å². The number of H-pyrrole nitrogens is 1. The van der Waals surface area contributed by atoms with Gasteiger partial charge in [0.05, 0.1) is 5.02 Å². The predicted octanol–water partition coefficient (Wildman–Crippen LogP) is 3.95. The minimum atomic E-state index is -3.69. The van der Waals surface area contributed by atoms with Gasteiger partial charge in [-0.3, -0.25) is 0 Å². The molecular weight excluding hydrogens is 343 g/mol. The van der Waals surface area contributed by atoms with Crippen molar-refractivity contribution in [2.45, 2.75) is 11.4 Å². The van der Waals surface area contributed by atoms with Gasteiger partial charge in [-0.1, -0.05) is 29.3 Å². The van der Waals surface area contributed by atoms with E-state index in [1.54, 1.807) is 0 Å². The molecule has 0 radical (unpaired) electrons. The van der Waals surface area contributed by atoms with Crippen LogP contribution in [-0.4, -0.2) is 13.4 Å². The molecule has 0 unspecified atom stereocenters. The summed E-state index contributed by atoms with van der Waals surface area (Å²) in [6.07, 6.45) is 1.84. The third kappa shape index (κ3) is 3.13. The fourth-order valence-electron chi connectivity index (χ4n) is 2.16. The summed E-state index contributed by atoms with van der Waals surface area (Å²) in [6.45, 7) is 0.183. The summed E-state index contributed by atoms with van der Waals surface area (Å²) in [4.78, 5) is 3.10. The first-order valence-corrected chi connectivity index (χ1v) is 8.70. The van der Waals surface area contributed by atoms with E-state index in [2.05, 4.69) is 9.71 Å². The summed E-state index contributed by atoms with van der Waals surface area (Å²) < 4.78 is 27.2. The number of nitrogens with one attached hydrogen (secondary N) is 2. The van der Waals surface area contributed by atoms with Crippen LogP contribution in [0.4, 0.5) is 0 Å². The Morgan fingerprint density at radius 1 is 1.05 bits per heavy atom. The second-order valence-electron chi connectivity index (χ2n) is 4.80. The molecule has 3 aromatic rings. The Morgan fingerprint density at radius 2 is 1.86 bits per heavy atom. The van der Waals surface area contributed by atoms with Gasteiger partial charge in [-0.15, -0.1) is 0 Å². The van der Waals surface area contributed by atoms with Gasteiger partial charge < -0.3 is 4.98 Å². The average molecular weight is 355 g/mol. The second kappa shape index (κ2) is 5.93. The molecule has 0 saturated heterocycles. The normalized spacial score (nSPS) is 11.9. The zero-order chi connectivity index (χ0) is 15.7. The van der Waals surface area contributed by atoms with Crippen molar-refractivity contribution >= 4 is 44.1 Å². The van der Waals surface area contributed by atoms with Crippen LogP contribution >= 0.6 is 23.2 Å². The van der Waals surface area contributed by atoms with Gasteiger partial charge in [0.15, 0.2) is 0 Å². The second-order valence-corrected chi connectivity index (χ2v) is 7.38. The lowest BCUT2D eigenvalue weighted by Crippen LogP contribution is -2.23. The third-order valence-corrected chi connectivity index (χ3v) is 5.39. The van der Waals surface area contributed by atoms with Gasteiger partial charge in [-0.25, -0.2) is 13.1 Å². The van der Waals surface area contributed by atoms with Gasteiger partial charge in [0.25, 0.3) is 0 Å². The number of rotatable bonds is 4. The number of fused-ring (bicyclic) bond motifs is 1. The first-order chi connectivity index (χ1) is 10.5. The van der Waals surface area contributed by atoms with E-state index in [0.717, 1.165) is 16.5 Å². The van der Waals surface area contributed by atoms with Gasteiger partial charge >= 0.3 is 0 Å². The maximum absolute atomic E-state index is 12.3. The fourth-order valence-corrected chi connectivity index (χ4v) is 3.95. The third-order valence-electron chi connectivity index (χ3n) is 3.27. The van der Waals surface area contributed by atoms with Crippen LogP contribution in [0.5, 0.6) is 0 Å². The summed E-state index contributed by atoms with van der Waals surface area (Å²) in [5.41, 5.74) is 1.87. The molecule has 22 heavy (non-hydrogen) atoms. The summed E-state index contributed by atoms with van der Waals surface area (Å²) in [5.74, 6) is 0. The first kappa shape index (κ1) is 15.4. The summed E-state index contributed by atoms with van der Waals surface area (Å²) >= 11 is 11.7. The Labute approximate surface area is 138 Å². The topological polar surface area (TPSA) is 62.0 Å². The van der Waals surface area contributed by atoms with Crippen LogP contribution < -0.4 is 4.72 Å². The molecule has 0 saturated carbocycles. The number of sulfonamides is 1. The van der Waals surface area contributed by atoms with Gasteiger partial charge in [0.1, 0.15) is 4.90 Å². The highest BCUT2D eigenvalue weighted by atomic mass is 35.5. The number of aromatic nitrogens is 1. The number of benzene rings is 2. The SMILES string of the molecule is O=S(=O)(NCc1ccc2[nH]ccc2c1)c1ccc(Cl)cc1Cl. The van der Waals surface area contributed by atoms with E-state index in [0.29, 0.717) is 5.02 Å². The molecule has 0 spiro atoms. The zero-order valence-corrected chi connectivity index (χ0v) is 13.6. The summed E-state index contributed by atoms with van der Waals surface area (Å²) in [6, 6.07) is 11.9. The summed E-state index contributed by atoms with van der Waals surface area (Å²) in [5, 5.41) is 1.52. The van der Waals surface area contributed by atoms with Crippen LogP contribution in [0.3, 0.4) is 0 Å². The smallest absolute Gasteiger partial charge is 0.242 e. The van der Waals surface area contributed by atoms with Crippen molar-refractivity contribution in [1.29, 1.82) is 0 Å². The molecule has 0 amide bonds. The first-order valence-electron chi connectivity index (χ1n) is 6.46. The van der Waals surface area contributed by atoms with Crippen molar-refractivity contribution in [3.8, 4) is 0 Å². The van der Waals surface area contributed by atoms with E-state index in [9.17, 15) is 8.42 Å². The van der Waals surface area contributed by atoms with Crippen LogP contribution in [0.2, 0.25) is 10.0 Å². The minimum absolute atomic E-state index is 0.0151. The molecule has 1 heterocycles. The van der Waals surface area contributed by atoms with Gasteiger partial charge in [0, 0.05) is 23.3 Å². The Hall–Kier alpha value is -1.53. The molecule has 0 atom stereocenters. The summed E-state index contributed by atoms with van der Waals surface area (Å²) in [7, 11) is -3.69. The molecule has 3 rings (SSSR count). The molecule has 114 valence electrons. The highest BCUT2D eigenvalue weighted by Gasteiger charge is 2.17. The van der Waals surface area contributed by atoms with Crippen LogP contribution in [-0.2, 0) is 16.6 Å². The van der Waals surface area contributed by atoms with E-state index in [4.69, 9.17) is 23.2 Å². The average Bonchev–Trinajstić information content (AvgIpc) is 2.92. The number of aromatic amines is 1. The van der Waals surface area contributed by atoms with E-state index in [1.807, 2.05) is 30.5 Å². The van der Waals surface area contributed by atoms with Crippen LogP contribution in [0, 0.1) is 0 Å². The van der Waals surface area contributed by atoms with Crippen molar-refractivity contribution in [2.24, 2.45) is 0 Å². The van der Waals surface area contributed by atoms with Gasteiger partial charge in [0.2, 0.25) is 10.0 Å². The maximum Gasteiger partial charge on any atom is 0.242 e. The van der Waals surface area contributed by atoms with E-state index in [1.165, 1.54) is 18.2 Å². The highest BCUT2D eigenvalue weighted by Crippen LogP contribution is 2.25. The minimum Gasteiger partial charge on any atom is -0.361 e. The quantitative estimate of drug-likeness (QED) is 0.744. The number of hydrogen-bond donors (Lipinski definition) is 2. The van der Waals surface area contributed by atoms with Crippen molar-refractivity contribution < 1.29 is 8.42 Å². The predicted molar refractivity (Wildman–Crippen MR) is 88.8 cm³/mol. The van der Waals surface area contributed by atoms with Crippen molar-refractivity contribution in [2.75, 3.05) is 0 Å². The molecule has 0 fully saturated rings. The lowest BCUT2D eigenvalue weighted by atomic mass is 10.1. The standard InChI is InChI=1S/C15H12Cl2N2O2S/c16-12-2-4-15(13(17)8-12)22(20,21)19-9-10-1-3-14-11(7-10)5-6-18-14/h1-8,18-19H,9H2. The Morgan fingerprint density at radius 3 is 2.64 bits per heavy atom. The lowest BCUT2D eigenvalue weighted by Gasteiger charge is -2.09. The molecule has 2 aromatic carbocycles. The molecule has 0 aliphatic rings. The number of hydrogen-bond acceptors (Lipinski definition) is 2. The van der Waals surface area contributed by atoms with E-state index < -0.39 is 10.0 Å². The van der Waals surface area contributed by atoms with Gasteiger partial charge in [-0.05, 0) is 47.3 Å². The van der Waals surface area contributed by atoms with Crippen molar-refractivity contribution in [3.05, 3.63) is 64.3 Å². The maximum atomic E-state index is 12.3. The molecule has 4 nitrogen and oxygen atoms in total. The molecular formula is C15H12Cl2N2O2S. The zero-order valence-electron chi connectivity index (χ0n) is 11.3. The molecule has 1 aromatic heterocycles. The monoisotopic (exact) mass is 354 g/mol. The van der Waals surface area contributed by atoms with Crippen molar-refractivity contribution in [1.82, 2.24) is 9.71 Å². The van der Waals surface area contributed by atoms with Crippen LogP contribution in [0.1, 0.15) is 5.56 Å². The Kier molecular flexibility index (Phi) is 4.14. The van der Waals surface area contributed by atoms with Crippen molar-refractivity contribution in [3.63, 3.8) is 0 Å². The van der Waals surface area contributed by atoms with E-state index in [-0.39, 0.29) is 16.5 Å². The highest BCUT2D eigenvalue weighted by molar-refractivity contribution is 7.89. The fraction of sp³-hybridized carbons (Fsp3) is 0.0667. The lowest BCUT2D eigenvalue weighted by molar-refractivity contribution is 0.581. The Balaban J connectivity index is 1.82. The van der Waals surface area contributed by atoms with Crippen LogP contribution in [0.15, 0.2) is 53.6 Å². The van der Waals surface area contributed by atoms with Crippen LogP contribution in [0.25, 0.3) is 10.9 Å². The molecule has 0 aliphatic heterocycles. The molecule has 2 N–H and O–H groups in total. The Bertz CT molecular complexity index is 936. The number of halogens is 2. The molecule has 0 aliphatic carbocycles. The molecule has 0 bridgehead atoms. The largest absolute Gasteiger partial charge is 0.361 e.